The molecule has 1 amide bonds. The molecule has 6 heteroatoms. The lowest BCUT2D eigenvalue weighted by molar-refractivity contribution is -0.121. The van der Waals surface area contributed by atoms with Crippen molar-refractivity contribution in [2.75, 3.05) is 6.54 Å². The third-order valence-corrected chi connectivity index (χ3v) is 4.34. The van der Waals surface area contributed by atoms with Crippen LogP contribution >= 0.6 is 11.6 Å². The second kappa shape index (κ2) is 8.53. The highest BCUT2D eigenvalue weighted by atomic mass is 35.5. The van der Waals surface area contributed by atoms with Crippen LogP contribution in [0.15, 0.2) is 67.3 Å². The van der Waals surface area contributed by atoms with Crippen molar-refractivity contribution in [2.45, 2.75) is 25.4 Å². The predicted molar refractivity (Wildman–Crippen MR) is 98.5 cm³/mol. The molecule has 0 fully saturated rings. The molecule has 0 aliphatic rings. The number of hydrogen-bond acceptors (Lipinski definition) is 2. The Balaban J connectivity index is 1.60. The number of amides is 1. The number of nitrogens with one attached hydrogen (secondary N) is 1. The highest BCUT2D eigenvalue weighted by molar-refractivity contribution is 6.30. The van der Waals surface area contributed by atoms with Gasteiger partial charge < -0.3 is 9.88 Å². The molecule has 0 aliphatic heterocycles. The first kappa shape index (κ1) is 17.3. The summed E-state index contributed by atoms with van der Waals surface area (Å²) < 4.78 is 3.90. The molecule has 2 heterocycles. The molecular weight excluding hydrogens is 336 g/mol. The van der Waals surface area contributed by atoms with Crippen LogP contribution < -0.4 is 5.32 Å². The van der Waals surface area contributed by atoms with E-state index in [0.717, 1.165) is 12.1 Å². The zero-order valence-corrected chi connectivity index (χ0v) is 14.6. The van der Waals surface area contributed by atoms with Crippen LogP contribution in [0.25, 0.3) is 0 Å². The number of carbonyl (C=O) groups is 1. The summed E-state index contributed by atoms with van der Waals surface area (Å²) in [4.78, 5) is 12.4. The predicted octanol–water partition coefficient (Wildman–Crippen LogP) is 3.33. The third kappa shape index (κ3) is 5.22. The molecule has 1 unspecified atom stereocenters. The van der Waals surface area contributed by atoms with Crippen LogP contribution in [0.1, 0.15) is 17.9 Å². The van der Waals surface area contributed by atoms with Crippen LogP contribution in [0.2, 0.25) is 5.02 Å². The van der Waals surface area contributed by atoms with Gasteiger partial charge in [-0.05, 0) is 35.9 Å². The lowest BCUT2D eigenvalue weighted by atomic mass is 9.95. The zero-order chi connectivity index (χ0) is 17.5. The van der Waals surface area contributed by atoms with Crippen LogP contribution in [-0.4, -0.2) is 26.8 Å². The van der Waals surface area contributed by atoms with Crippen LogP contribution in [0.3, 0.4) is 0 Å². The van der Waals surface area contributed by atoms with E-state index in [0.29, 0.717) is 24.5 Å². The number of rotatable bonds is 8. The minimum Gasteiger partial charge on any atom is -0.354 e. The lowest BCUT2D eigenvalue weighted by Crippen LogP contribution is -2.29. The van der Waals surface area contributed by atoms with Gasteiger partial charge in [0.25, 0.3) is 0 Å². The van der Waals surface area contributed by atoms with E-state index in [2.05, 4.69) is 15.0 Å². The number of hydrogen-bond donors (Lipinski definition) is 1. The van der Waals surface area contributed by atoms with E-state index in [1.54, 1.807) is 10.9 Å². The molecule has 5 nitrogen and oxygen atoms in total. The Kier molecular flexibility index (Phi) is 5.90. The van der Waals surface area contributed by atoms with Gasteiger partial charge in [-0.2, -0.15) is 5.10 Å². The van der Waals surface area contributed by atoms with Crippen molar-refractivity contribution in [1.82, 2.24) is 19.7 Å². The molecular formula is C19H21ClN4O. The molecule has 0 saturated carbocycles. The first-order valence-corrected chi connectivity index (χ1v) is 8.69. The number of halogens is 1. The van der Waals surface area contributed by atoms with E-state index in [4.69, 9.17) is 11.6 Å². The second-order valence-electron chi connectivity index (χ2n) is 5.95. The molecule has 3 aromatic rings. The van der Waals surface area contributed by atoms with Crippen molar-refractivity contribution in [3.63, 3.8) is 0 Å². The smallest absolute Gasteiger partial charge is 0.220 e. The molecule has 0 bridgehead atoms. The van der Waals surface area contributed by atoms with Gasteiger partial charge in [0.2, 0.25) is 5.91 Å². The SMILES string of the molecule is O=C(CC(Cn1cccc1)c1ccc(Cl)cc1)NCCn1cccn1. The normalized spacial score (nSPS) is 12.0. The fourth-order valence-electron chi connectivity index (χ4n) is 2.81. The number of aromatic nitrogens is 3. The van der Waals surface area contributed by atoms with Gasteiger partial charge in [-0.15, -0.1) is 0 Å². The van der Waals surface area contributed by atoms with Crippen LogP contribution in [0.4, 0.5) is 0 Å². The molecule has 0 spiro atoms. The third-order valence-electron chi connectivity index (χ3n) is 4.09. The van der Waals surface area contributed by atoms with Gasteiger partial charge >= 0.3 is 0 Å². The number of benzene rings is 1. The molecule has 0 saturated heterocycles. The van der Waals surface area contributed by atoms with E-state index in [1.807, 2.05) is 61.1 Å². The number of nitrogens with zero attached hydrogens (tertiary/aromatic N) is 3. The molecule has 0 radical (unpaired) electrons. The first-order valence-electron chi connectivity index (χ1n) is 8.31. The van der Waals surface area contributed by atoms with E-state index >= 15 is 0 Å². The average molecular weight is 357 g/mol. The Labute approximate surface area is 152 Å². The van der Waals surface area contributed by atoms with Crippen LogP contribution in [0.5, 0.6) is 0 Å². The first-order chi connectivity index (χ1) is 12.2. The van der Waals surface area contributed by atoms with Gasteiger partial charge in [0.1, 0.15) is 0 Å². The van der Waals surface area contributed by atoms with Gasteiger partial charge in [-0.3, -0.25) is 9.48 Å². The largest absolute Gasteiger partial charge is 0.354 e. The van der Waals surface area contributed by atoms with Crippen molar-refractivity contribution in [3.05, 3.63) is 77.8 Å². The number of carbonyl (C=O) groups excluding carboxylic acids is 1. The van der Waals surface area contributed by atoms with Crippen molar-refractivity contribution < 1.29 is 4.79 Å². The Morgan fingerprint density at radius 1 is 1.12 bits per heavy atom. The fraction of sp³-hybridized carbons (Fsp3) is 0.263. The minimum absolute atomic E-state index is 0.0410. The van der Waals surface area contributed by atoms with Gasteiger partial charge in [-0.1, -0.05) is 23.7 Å². The molecule has 2 aromatic heterocycles. The standard InChI is InChI=1S/C19H21ClN4O/c20-18-6-4-16(5-7-18)17(15-23-10-1-2-11-23)14-19(25)21-9-13-24-12-3-8-22-24/h1-8,10-12,17H,9,13-15H2,(H,21,25). The van der Waals surface area contributed by atoms with Gasteiger partial charge in [0.15, 0.2) is 0 Å². The molecule has 0 aliphatic carbocycles. The summed E-state index contributed by atoms with van der Waals surface area (Å²) in [5.41, 5.74) is 1.11. The molecule has 1 N–H and O–H groups in total. The average Bonchev–Trinajstić information content (AvgIpc) is 3.29. The molecule has 130 valence electrons. The molecule has 1 atom stereocenters. The van der Waals surface area contributed by atoms with E-state index < -0.39 is 0 Å². The monoisotopic (exact) mass is 356 g/mol. The van der Waals surface area contributed by atoms with Crippen LogP contribution in [0, 0.1) is 0 Å². The van der Waals surface area contributed by atoms with Gasteiger partial charge in [0, 0.05) is 55.2 Å². The van der Waals surface area contributed by atoms with E-state index in [1.165, 1.54) is 0 Å². The van der Waals surface area contributed by atoms with E-state index in [9.17, 15) is 4.79 Å². The van der Waals surface area contributed by atoms with Gasteiger partial charge in [-0.25, -0.2) is 0 Å². The summed E-state index contributed by atoms with van der Waals surface area (Å²) in [7, 11) is 0. The summed E-state index contributed by atoms with van der Waals surface area (Å²) in [6.07, 6.45) is 8.07. The summed E-state index contributed by atoms with van der Waals surface area (Å²) >= 11 is 5.99. The van der Waals surface area contributed by atoms with Crippen molar-refractivity contribution >= 4 is 17.5 Å². The van der Waals surface area contributed by atoms with Crippen molar-refractivity contribution in [2.24, 2.45) is 0 Å². The Morgan fingerprint density at radius 2 is 1.88 bits per heavy atom. The summed E-state index contributed by atoms with van der Waals surface area (Å²) in [5, 5.41) is 7.81. The van der Waals surface area contributed by atoms with Crippen LogP contribution in [-0.2, 0) is 17.9 Å². The molecule has 25 heavy (non-hydrogen) atoms. The summed E-state index contributed by atoms with van der Waals surface area (Å²) in [6, 6.07) is 13.6. The molecule has 3 rings (SSSR count). The Morgan fingerprint density at radius 3 is 2.56 bits per heavy atom. The quantitative estimate of drug-likeness (QED) is 0.673. The van der Waals surface area contributed by atoms with Crippen molar-refractivity contribution in [1.29, 1.82) is 0 Å². The molecule has 1 aromatic carbocycles. The maximum Gasteiger partial charge on any atom is 0.220 e. The summed E-state index contributed by atoms with van der Waals surface area (Å²) in [6.45, 7) is 1.99. The maximum atomic E-state index is 12.4. The van der Waals surface area contributed by atoms with E-state index in [-0.39, 0.29) is 11.8 Å². The topological polar surface area (TPSA) is 51.9 Å². The zero-order valence-electron chi connectivity index (χ0n) is 13.9. The minimum atomic E-state index is 0.0410. The highest BCUT2D eigenvalue weighted by Gasteiger charge is 2.16. The fourth-order valence-corrected chi connectivity index (χ4v) is 2.93. The highest BCUT2D eigenvalue weighted by Crippen LogP contribution is 2.23. The second-order valence-corrected chi connectivity index (χ2v) is 6.39. The maximum absolute atomic E-state index is 12.4. The Hall–Kier alpha value is -2.53. The van der Waals surface area contributed by atoms with Gasteiger partial charge in [0.05, 0.1) is 6.54 Å². The lowest BCUT2D eigenvalue weighted by Gasteiger charge is -2.18. The summed E-state index contributed by atoms with van der Waals surface area (Å²) in [5.74, 6) is 0.133. The van der Waals surface area contributed by atoms with Crippen molar-refractivity contribution in [3.8, 4) is 0 Å². The Bertz CT molecular complexity index is 766.